The van der Waals surface area contributed by atoms with Gasteiger partial charge in [-0.15, -0.1) is 0 Å². The van der Waals surface area contributed by atoms with Crippen molar-refractivity contribution in [2.24, 2.45) is 11.8 Å². The van der Waals surface area contributed by atoms with Crippen LogP contribution < -0.4 is 5.32 Å². The normalized spacial score (nSPS) is 31.2. The molecular weight excluding hydrogens is 174 g/mol. The molecule has 1 aromatic heterocycles. The van der Waals surface area contributed by atoms with Crippen molar-refractivity contribution in [2.75, 3.05) is 6.54 Å². The first-order chi connectivity index (χ1) is 6.84. The Morgan fingerprint density at radius 3 is 2.86 bits per heavy atom. The summed E-state index contributed by atoms with van der Waals surface area (Å²) in [5.41, 5.74) is 1.18. The summed E-state index contributed by atoms with van der Waals surface area (Å²) in [4.78, 5) is 8.61. The van der Waals surface area contributed by atoms with Gasteiger partial charge in [0.05, 0.1) is 11.7 Å². The summed E-state index contributed by atoms with van der Waals surface area (Å²) in [5.74, 6) is 2.69. The Kier molecular flexibility index (Phi) is 1.80. The number of aryl methyl sites for hydroxylation is 1. The van der Waals surface area contributed by atoms with E-state index in [2.05, 4.69) is 15.3 Å². The molecule has 0 amide bonds. The minimum atomic E-state index is 0.504. The summed E-state index contributed by atoms with van der Waals surface area (Å²) >= 11 is 0. The molecule has 2 atom stereocenters. The molecule has 0 spiro atoms. The van der Waals surface area contributed by atoms with Crippen molar-refractivity contribution in [1.29, 1.82) is 0 Å². The maximum Gasteiger partial charge on any atom is 0.125 e. The molecule has 1 N–H and O–H groups in total. The third-order valence-corrected chi connectivity index (χ3v) is 3.35. The Balaban J connectivity index is 1.81. The Labute approximate surface area is 84.0 Å². The standard InChI is InChI=1S/C11H15N3/c1-7-12-5-4-10(14-7)11-9(6-13-11)8-2-3-8/h4-5,8-9,11,13H,2-3,6H2,1H3. The van der Waals surface area contributed by atoms with Crippen molar-refractivity contribution in [3.05, 3.63) is 23.8 Å². The van der Waals surface area contributed by atoms with E-state index in [0.29, 0.717) is 6.04 Å². The van der Waals surface area contributed by atoms with Crippen LogP contribution in [0.15, 0.2) is 12.3 Å². The molecule has 14 heavy (non-hydrogen) atoms. The van der Waals surface area contributed by atoms with Crippen LogP contribution in [0.5, 0.6) is 0 Å². The van der Waals surface area contributed by atoms with Crippen molar-refractivity contribution in [2.45, 2.75) is 25.8 Å². The van der Waals surface area contributed by atoms with E-state index < -0.39 is 0 Å². The number of hydrogen-bond donors (Lipinski definition) is 1. The molecule has 0 bridgehead atoms. The molecule has 2 heterocycles. The molecule has 3 nitrogen and oxygen atoms in total. The van der Waals surface area contributed by atoms with Crippen LogP contribution in [0.3, 0.4) is 0 Å². The van der Waals surface area contributed by atoms with E-state index in [1.165, 1.54) is 25.1 Å². The molecule has 2 fully saturated rings. The summed E-state index contributed by atoms with van der Waals surface area (Å²) in [6.07, 6.45) is 4.71. The zero-order valence-corrected chi connectivity index (χ0v) is 8.40. The van der Waals surface area contributed by atoms with E-state index in [4.69, 9.17) is 0 Å². The number of nitrogens with zero attached hydrogens (tertiary/aromatic N) is 2. The number of hydrogen-bond acceptors (Lipinski definition) is 3. The highest BCUT2D eigenvalue weighted by atomic mass is 15.0. The minimum absolute atomic E-state index is 0.504. The number of aromatic nitrogens is 2. The van der Waals surface area contributed by atoms with Crippen molar-refractivity contribution < 1.29 is 0 Å². The second kappa shape index (κ2) is 3.02. The molecule has 74 valence electrons. The van der Waals surface area contributed by atoms with Crippen molar-refractivity contribution in [3.8, 4) is 0 Å². The van der Waals surface area contributed by atoms with Gasteiger partial charge in [-0.1, -0.05) is 0 Å². The maximum absolute atomic E-state index is 4.48. The zero-order valence-electron chi connectivity index (χ0n) is 8.40. The van der Waals surface area contributed by atoms with Crippen LogP contribution in [-0.4, -0.2) is 16.5 Å². The highest BCUT2D eigenvalue weighted by molar-refractivity contribution is 5.14. The lowest BCUT2D eigenvalue weighted by atomic mass is 9.85. The Bertz CT molecular complexity index is 346. The first-order valence-electron chi connectivity index (χ1n) is 5.37. The Morgan fingerprint density at radius 1 is 1.43 bits per heavy atom. The number of rotatable bonds is 2. The van der Waals surface area contributed by atoms with Gasteiger partial charge in [0.2, 0.25) is 0 Å². The first-order valence-corrected chi connectivity index (χ1v) is 5.37. The fraction of sp³-hybridized carbons (Fsp3) is 0.636. The molecule has 3 heteroatoms. The summed E-state index contributed by atoms with van der Waals surface area (Å²) in [7, 11) is 0. The third kappa shape index (κ3) is 1.32. The van der Waals surface area contributed by atoms with E-state index in [1.54, 1.807) is 0 Å². The van der Waals surface area contributed by atoms with Crippen LogP contribution in [0.25, 0.3) is 0 Å². The van der Waals surface area contributed by atoms with E-state index >= 15 is 0 Å². The predicted octanol–water partition coefficient (Wildman–Crippen LogP) is 1.46. The van der Waals surface area contributed by atoms with Gasteiger partial charge in [-0.2, -0.15) is 0 Å². The molecule has 1 saturated carbocycles. The van der Waals surface area contributed by atoms with Crippen LogP contribution in [0.2, 0.25) is 0 Å². The molecule has 1 aliphatic carbocycles. The fourth-order valence-corrected chi connectivity index (χ4v) is 2.31. The third-order valence-electron chi connectivity index (χ3n) is 3.35. The zero-order chi connectivity index (χ0) is 9.54. The van der Waals surface area contributed by atoms with Crippen molar-refractivity contribution in [3.63, 3.8) is 0 Å². The summed E-state index contributed by atoms with van der Waals surface area (Å²) < 4.78 is 0. The lowest BCUT2D eigenvalue weighted by molar-refractivity contribution is 0.201. The summed E-state index contributed by atoms with van der Waals surface area (Å²) in [6.45, 7) is 3.13. The number of nitrogens with one attached hydrogen (secondary N) is 1. The van der Waals surface area contributed by atoms with Gasteiger partial charge in [0, 0.05) is 12.7 Å². The van der Waals surface area contributed by atoms with Crippen molar-refractivity contribution in [1.82, 2.24) is 15.3 Å². The molecule has 2 unspecified atom stereocenters. The summed E-state index contributed by atoms with van der Waals surface area (Å²) in [6, 6.07) is 2.54. The maximum atomic E-state index is 4.48. The average molecular weight is 189 g/mol. The first kappa shape index (κ1) is 8.36. The van der Waals surface area contributed by atoms with Gasteiger partial charge >= 0.3 is 0 Å². The van der Waals surface area contributed by atoms with Gasteiger partial charge in [-0.3, -0.25) is 0 Å². The van der Waals surface area contributed by atoms with Gasteiger partial charge in [-0.25, -0.2) is 9.97 Å². The second-order valence-electron chi connectivity index (χ2n) is 4.42. The topological polar surface area (TPSA) is 37.8 Å². The van der Waals surface area contributed by atoms with Gasteiger partial charge in [0.15, 0.2) is 0 Å². The molecule has 3 rings (SSSR count). The molecule has 1 aliphatic heterocycles. The van der Waals surface area contributed by atoms with Crippen LogP contribution in [-0.2, 0) is 0 Å². The lowest BCUT2D eigenvalue weighted by Gasteiger charge is -2.38. The highest BCUT2D eigenvalue weighted by Crippen LogP contribution is 2.46. The van der Waals surface area contributed by atoms with Gasteiger partial charge in [0.1, 0.15) is 5.82 Å². The highest BCUT2D eigenvalue weighted by Gasteiger charge is 2.43. The molecule has 1 aromatic rings. The summed E-state index contributed by atoms with van der Waals surface area (Å²) in [5, 5.41) is 3.47. The smallest absolute Gasteiger partial charge is 0.125 e. The molecule has 1 saturated heterocycles. The molecular formula is C11H15N3. The monoisotopic (exact) mass is 189 g/mol. The van der Waals surface area contributed by atoms with E-state index in [9.17, 15) is 0 Å². The van der Waals surface area contributed by atoms with E-state index in [0.717, 1.165) is 17.7 Å². The Hall–Kier alpha value is -0.960. The quantitative estimate of drug-likeness (QED) is 0.765. The van der Waals surface area contributed by atoms with Gasteiger partial charge in [-0.05, 0) is 37.7 Å². The SMILES string of the molecule is Cc1nccc(C2NCC2C2CC2)n1. The van der Waals surface area contributed by atoms with E-state index in [1.807, 2.05) is 19.2 Å². The average Bonchev–Trinajstić information content (AvgIpc) is 2.86. The molecule has 0 radical (unpaired) electrons. The lowest BCUT2D eigenvalue weighted by Crippen LogP contribution is -2.47. The van der Waals surface area contributed by atoms with Gasteiger partial charge < -0.3 is 5.32 Å². The Morgan fingerprint density at radius 2 is 2.29 bits per heavy atom. The second-order valence-corrected chi connectivity index (χ2v) is 4.42. The van der Waals surface area contributed by atoms with Crippen molar-refractivity contribution >= 4 is 0 Å². The molecule has 2 aliphatic rings. The minimum Gasteiger partial charge on any atom is -0.308 e. The van der Waals surface area contributed by atoms with Crippen LogP contribution in [0, 0.1) is 18.8 Å². The van der Waals surface area contributed by atoms with Crippen LogP contribution in [0.1, 0.15) is 30.4 Å². The van der Waals surface area contributed by atoms with Gasteiger partial charge in [0.25, 0.3) is 0 Å². The predicted molar refractivity (Wildman–Crippen MR) is 53.7 cm³/mol. The van der Waals surface area contributed by atoms with Crippen LogP contribution >= 0.6 is 0 Å². The van der Waals surface area contributed by atoms with Crippen LogP contribution in [0.4, 0.5) is 0 Å². The fourth-order valence-electron chi connectivity index (χ4n) is 2.31. The molecule has 0 aromatic carbocycles. The largest absolute Gasteiger partial charge is 0.308 e. The van der Waals surface area contributed by atoms with E-state index in [-0.39, 0.29) is 0 Å².